The lowest BCUT2D eigenvalue weighted by molar-refractivity contribution is 0.293. The van der Waals surface area contributed by atoms with Crippen LogP contribution in [0.25, 0.3) is 11.5 Å². The van der Waals surface area contributed by atoms with E-state index in [1.165, 1.54) is 25.7 Å². The molecule has 3 unspecified atom stereocenters. The summed E-state index contributed by atoms with van der Waals surface area (Å²) >= 11 is 0. The molecule has 2 fully saturated rings. The zero-order valence-corrected chi connectivity index (χ0v) is 14.8. The molecule has 128 valence electrons. The van der Waals surface area contributed by atoms with Crippen molar-refractivity contribution in [2.24, 2.45) is 11.8 Å². The zero-order chi connectivity index (χ0) is 16.7. The lowest BCUT2D eigenvalue weighted by Crippen LogP contribution is -2.35. The van der Waals surface area contributed by atoms with E-state index in [9.17, 15) is 0 Å². The minimum absolute atomic E-state index is 0.270. The Balaban J connectivity index is 1.62. The van der Waals surface area contributed by atoms with E-state index in [4.69, 9.17) is 4.52 Å². The van der Waals surface area contributed by atoms with Gasteiger partial charge in [-0.1, -0.05) is 38.8 Å². The van der Waals surface area contributed by atoms with Crippen molar-refractivity contribution in [3.05, 3.63) is 24.2 Å². The first-order valence-electron chi connectivity index (χ1n) is 9.20. The van der Waals surface area contributed by atoms with Gasteiger partial charge in [0.2, 0.25) is 0 Å². The van der Waals surface area contributed by atoms with Crippen molar-refractivity contribution in [3.63, 3.8) is 0 Å². The molecule has 0 N–H and O–H groups in total. The van der Waals surface area contributed by atoms with E-state index in [-0.39, 0.29) is 5.92 Å². The van der Waals surface area contributed by atoms with Crippen LogP contribution in [-0.2, 0) is 0 Å². The topological polar surface area (TPSA) is 55.1 Å². The Kier molecular flexibility index (Phi) is 4.02. The maximum absolute atomic E-state index is 5.45. The monoisotopic (exact) mass is 326 g/mol. The molecular formula is C19H26N4O. The molecule has 3 atom stereocenters. The molecule has 1 saturated carbocycles. The highest BCUT2D eigenvalue weighted by atomic mass is 16.5. The Bertz CT molecular complexity index is 711. The summed E-state index contributed by atoms with van der Waals surface area (Å²) in [6.07, 6.45) is 7.24. The summed E-state index contributed by atoms with van der Waals surface area (Å²) in [5, 5.41) is 4.08. The van der Waals surface area contributed by atoms with Gasteiger partial charge < -0.3 is 9.42 Å². The van der Waals surface area contributed by atoms with Gasteiger partial charge >= 0.3 is 0 Å². The van der Waals surface area contributed by atoms with Crippen LogP contribution in [0.15, 0.2) is 22.9 Å². The van der Waals surface area contributed by atoms with Crippen molar-refractivity contribution in [1.82, 2.24) is 15.1 Å². The molecule has 0 amide bonds. The fourth-order valence-electron chi connectivity index (χ4n) is 4.33. The van der Waals surface area contributed by atoms with Crippen molar-refractivity contribution in [3.8, 4) is 11.5 Å². The highest BCUT2D eigenvalue weighted by Crippen LogP contribution is 2.41. The standard InChI is InChI=1S/C19H26N4O/c1-12(2)18-21-19(24-22-18)14-8-9-20-17(10-14)23-11-13(3)15-6-4-5-7-16(15)23/h8-10,12-13,15-16H,4-7,11H2,1-3H3. The Labute approximate surface area is 143 Å². The van der Waals surface area contributed by atoms with Crippen molar-refractivity contribution in [1.29, 1.82) is 0 Å². The molecule has 0 spiro atoms. The smallest absolute Gasteiger partial charge is 0.258 e. The highest BCUT2D eigenvalue weighted by molar-refractivity contribution is 5.59. The van der Waals surface area contributed by atoms with Crippen LogP contribution in [0.2, 0.25) is 0 Å². The normalized spacial score (nSPS) is 26.8. The third-order valence-electron chi connectivity index (χ3n) is 5.64. The fraction of sp³-hybridized carbons (Fsp3) is 0.632. The molecule has 3 heterocycles. The van der Waals surface area contributed by atoms with Crippen LogP contribution in [0.5, 0.6) is 0 Å². The number of fused-ring (bicyclic) bond motifs is 1. The predicted octanol–water partition coefficient (Wildman–Crippen LogP) is 4.27. The number of hydrogen-bond acceptors (Lipinski definition) is 5. The molecule has 1 aliphatic heterocycles. The Morgan fingerprint density at radius 1 is 1.25 bits per heavy atom. The molecule has 2 aromatic rings. The van der Waals surface area contributed by atoms with E-state index < -0.39 is 0 Å². The van der Waals surface area contributed by atoms with Crippen LogP contribution in [0.3, 0.4) is 0 Å². The predicted molar refractivity (Wildman–Crippen MR) is 93.9 cm³/mol. The van der Waals surface area contributed by atoms with Crippen molar-refractivity contribution in [2.45, 2.75) is 58.4 Å². The van der Waals surface area contributed by atoms with Gasteiger partial charge in [0.25, 0.3) is 5.89 Å². The van der Waals surface area contributed by atoms with Gasteiger partial charge in [-0.05, 0) is 36.8 Å². The first-order chi connectivity index (χ1) is 11.6. The minimum atomic E-state index is 0.270. The van der Waals surface area contributed by atoms with E-state index in [0.717, 1.165) is 35.6 Å². The van der Waals surface area contributed by atoms with Gasteiger partial charge in [0.15, 0.2) is 5.82 Å². The summed E-state index contributed by atoms with van der Waals surface area (Å²) in [4.78, 5) is 11.7. The summed E-state index contributed by atoms with van der Waals surface area (Å²) < 4.78 is 5.45. The van der Waals surface area contributed by atoms with E-state index in [1.807, 2.05) is 12.3 Å². The lowest BCUT2D eigenvalue weighted by Gasteiger charge is -2.32. The summed E-state index contributed by atoms with van der Waals surface area (Å²) in [5.41, 5.74) is 0.964. The van der Waals surface area contributed by atoms with E-state index in [2.05, 4.69) is 46.9 Å². The molecule has 2 aromatic heterocycles. The number of rotatable bonds is 3. The minimum Gasteiger partial charge on any atom is -0.353 e. The SMILES string of the molecule is CC(C)c1noc(-c2ccnc(N3CC(C)C4CCCCC43)c2)n1. The molecule has 5 nitrogen and oxygen atoms in total. The van der Waals surface area contributed by atoms with Crippen LogP contribution in [0.4, 0.5) is 5.82 Å². The van der Waals surface area contributed by atoms with Gasteiger partial charge in [-0.25, -0.2) is 4.98 Å². The molecule has 0 radical (unpaired) electrons. The van der Waals surface area contributed by atoms with Gasteiger partial charge in [0.05, 0.1) is 0 Å². The quantitative estimate of drug-likeness (QED) is 0.843. The van der Waals surface area contributed by atoms with Gasteiger partial charge in [-0.15, -0.1) is 0 Å². The molecule has 5 heteroatoms. The Morgan fingerprint density at radius 3 is 2.88 bits per heavy atom. The number of nitrogens with zero attached hydrogens (tertiary/aromatic N) is 4. The van der Waals surface area contributed by atoms with E-state index in [0.29, 0.717) is 11.9 Å². The second-order valence-corrected chi connectivity index (χ2v) is 7.66. The Hall–Kier alpha value is -1.91. The summed E-state index contributed by atoms with van der Waals surface area (Å²) in [5.74, 6) is 4.24. The largest absolute Gasteiger partial charge is 0.353 e. The number of anilines is 1. The first kappa shape index (κ1) is 15.6. The average Bonchev–Trinajstić information content (AvgIpc) is 3.21. The average molecular weight is 326 g/mol. The maximum Gasteiger partial charge on any atom is 0.258 e. The first-order valence-corrected chi connectivity index (χ1v) is 9.20. The zero-order valence-electron chi connectivity index (χ0n) is 14.8. The Morgan fingerprint density at radius 2 is 2.08 bits per heavy atom. The number of pyridine rings is 1. The van der Waals surface area contributed by atoms with Crippen molar-refractivity contribution >= 4 is 5.82 Å². The van der Waals surface area contributed by atoms with Gasteiger partial charge in [-0.3, -0.25) is 0 Å². The lowest BCUT2D eigenvalue weighted by atomic mass is 9.80. The number of aromatic nitrogens is 3. The molecule has 1 saturated heterocycles. The molecule has 24 heavy (non-hydrogen) atoms. The molecule has 2 aliphatic rings. The molecule has 0 aromatic carbocycles. The molecule has 1 aliphatic carbocycles. The van der Waals surface area contributed by atoms with Crippen molar-refractivity contribution in [2.75, 3.05) is 11.4 Å². The van der Waals surface area contributed by atoms with Crippen LogP contribution in [-0.4, -0.2) is 27.7 Å². The van der Waals surface area contributed by atoms with Crippen LogP contribution in [0, 0.1) is 11.8 Å². The van der Waals surface area contributed by atoms with Gasteiger partial charge in [-0.2, -0.15) is 4.98 Å². The maximum atomic E-state index is 5.45. The highest BCUT2D eigenvalue weighted by Gasteiger charge is 2.41. The van der Waals surface area contributed by atoms with Crippen molar-refractivity contribution < 1.29 is 4.52 Å². The second-order valence-electron chi connectivity index (χ2n) is 7.66. The summed E-state index contributed by atoms with van der Waals surface area (Å²) in [6, 6.07) is 4.71. The summed E-state index contributed by atoms with van der Waals surface area (Å²) in [6.45, 7) is 7.63. The van der Waals surface area contributed by atoms with E-state index in [1.54, 1.807) is 0 Å². The number of hydrogen-bond donors (Lipinski definition) is 0. The molecular weight excluding hydrogens is 300 g/mol. The second kappa shape index (κ2) is 6.19. The molecule has 4 rings (SSSR count). The summed E-state index contributed by atoms with van der Waals surface area (Å²) in [7, 11) is 0. The van der Waals surface area contributed by atoms with E-state index >= 15 is 0 Å². The van der Waals surface area contributed by atoms with Crippen LogP contribution in [0.1, 0.15) is 58.2 Å². The third-order valence-corrected chi connectivity index (χ3v) is 5.64. The van der Waals surface area contributed by atoms with Crippen LogP contribution < -0.4 is 4.90 Å². The van der Waals surface area contributed by atoms with Gasteiger partial charge in [0, 0.05) is 30.3 Å². The fourth-order valence-corrected chi connectivity index (χ4v) is 4.33. The van der Waals surface area contributed by atoms with Gasteiger partial charge in [0.1, 0.15) is 5.82 Å². The molecule has 0 bridgehead atoms. The third kappa shape index (κ3) is 2.70. The van der Waals surface area contributed by atoms with Crippen LogP contribution >= 0.6 is 0 Å².